The van der Waals surface area contributed by atoms with E-state index in [1.54, 1.807) is 0 Å². The zero-order valence-corrected chi connectivity index (χ0v) is 11.6. The Morgan fingerprint density at radius 1 is 1.00 bits per heavy atom. The van der Waals surface area contributed by atoms with Crippen LogP contribution in [0, 0.1) is 0 Å². The van der Waals surface area contributed by atoms with Gasteiger partial charge in [0.2, 0.25) is 0 Å². The van der Waals surface area contributed by atoms with E-state index < -0.39 is 0 Å². The van der Waals surface area contributed by atoms with Crippen LogP contribution in [-0.4, -0.2) is 9.97 Å². The SMILES string of the molecule is CC(C)c1ncc(C(C)(C)C)c(C(C)C)n1. The molecule has 0 N–H and O–H groups in total. The molecule has 0 atom stereocenters. The van der Waals surface area contributed by atoms with Crippen molar-refractivity contribution in [1.82, 2.24) is 9.97 Å². The van der Waals surface area contributed by atoms with E-state index in [1.807, 2.05) is 6.20 Å². The average Bonchev–Trinajstić information content (AvgIpc) is 2.15. The van der Waals surface area contributed by atoms with Crippen molar-refractivity contribution in [1.29, 1.82) is 0 Å². The van der Waals surface area contributed by atoms with Gasteiger partial charge in [-0.25, -0.2) is 9.97 Å². The molecule has 0 radical (unpaired) electrons. The molecular formula is C14H24N2. The predicted molar refractivity (Wildman–Crippen MR) is 68.9 cm³/mol. The molecule has 0 amide bonds. The second-order valence-electron chi connectivity index (χ2n) is 6.09. The number of rotatable bonds is 2. The van der Waals surface area contributed by atoms with E-state index in [9.17, 15) is 0 Å². The summed E-state index contributed by atoms with van der Waals surface area (Å²) >= 11 is 0. The first-order chi connectivity index (χ1) is 7.23. The summed E-state index contributed by atoms with van der Waals surface area (Å²) in [6.45, 7) is 15.3. The highest BCUT2D eigenvalue weighted by Gasteiger charge is 2.22. The van der Waals surface area contributed by atoms with Crippen LogP contribution in [0.2, 0.25) is 0 Å². The van der Waals surface area contributed by atoms with Gasteiger partial charge in [-0.1, -0.05) is 48.5 Å². The van der Waals surface area contributed by atoms with E-state index in [1.165, 1.54) is 11.3 Å². The maximum Gasteiger partial charge on any atom is 0.131 e. The van der Waals surface area contributed by atoms with Gasteiger partial charge in [-0.2, -0.15) is 0 Å². The summed E-state index contributed by atoms with van der Waals surface area (Å²) in [6, 6.07) is 0. The highest BCUT2D eigenvalue weighted by atomic mass is 14.9. The summed E-state index contributed by atoms with van der Waals surface area (Å²) in [5.41, 5.74) is 2.59. The fourth-order valence-corrected chi connectivity index (χ4v) is 1.71. The summed E-state index contributed by atoms with van der Waals surface area (Å²) in [5, 5.41) is 0. The van der Waals surface area contributed by atoms with Gasteiger partial charge in [0.15, 0.2) is 0 Å². The number of hydrogen-bond donors (Lipinski definition) is 0. The second-order valence-corrected chi connectivity index (χ2v) is 6.09. The Hall–Kier alpha value is -0.920. The van der Waals surface area contributed by atoms with E-state index in [2.05, 4.69) is 53.5 Å². The summed E-state index contributed by atoms with van der Waals surface area (Å²) < 4.78 is 0. The van der Waals surface area contributed by atoms with E-state index in [0.29, 0.717) is 11.8 Å². The highest BCUT2D eigenvalue weighted by Crippen LogP contribution is 2.29. The van der Waals surface area contributed by atoms with Crippen LogP contribution in [0.25, 0.3) is 0 Å². The zero-order chi connectivity index (χ0) is 12.5. The normalized spacial score (nSPS) is 12.6. The molecule has 1 aromatic rings. The van der Waals surface area contributed by atoms with Gasteiger partial charge in [-0.3, -0.25) is 0 Å². The molecule has 90 valence electrons. The molecule has 0 bridgehead atoms. The van der Waals surface area contributed by atoms with Crippen molar-refractivity contribution in [3.05, 3.63) is 23.3 Å². The molecule has 16 heavy (non-hydrogen) atoms. The topological polar surface area (TPSA) is 25.8 Å². The van der Waals surface area contributed by atoms with Crippen LogP contribution in [0.4, 0.5) is 0 Å². The first-order valence-corrected chi connectivity index (χ1v) is 6.10. The van der Waals surface area contributed by atoms with Crippen LogP contribution >= 0.6 is 0 Å². The third-order valence-corrected chi connectivity index (χ3v) is 2.71. The summed E-state index contributed by atoms with van der Waals surface area (Å²) in [5.74, 6) is 1.80. The summed E-state index contributed by atoms with van der Waals surface area (Å²) in [7, 11) is 0. The lowest BCUT2D eigenvalue weighted by molar-refractivity contribution is 0.560. The Morgan fingerprint density at radius 3 is 1.94 bits per heavy atom. The largest absolute Gasteiger partial charge is 0.241 e. The van der Waals surface area contributed by atoms with E-state index >= 15 is 0 Å². The first kappa shape index (κ1) is 13.1. The van der Waals surface area contributed by atoms with Gasteiger partial charge in [-0.15, -0.1) is 0 Å². The lowest BCUT2D eigenvalue weighted by Crippen LogP contribution is -2.18. The smallest absolute Gasteiger partial charge is 0.131 e. The minimum absolute atomic E-state index is 0.120. The lowest BCUT2D eigenvalue weighted by atomic mass is 9.84. The van der Waals surface area contributed by atoms with Gasteiger partial charge >= 0.3 is 0 Å². The highest BCUT2D eigenvalue weighted by molar-refractivity contribution is 5.28. The third kappa shape index (κ3) is 2.81. The molecule has 0 aromatic carbocycles. The van der Waals surface area contributed by atoms with Crippen LogP contribution < -0.4 is 0 Å². The van der Waals surface area contributed by atoms with E-state index in [4.69, 9.17) is 4.98 Å². The van der Waals surface area contributed by atoms with Crippen LogP contribution in [0.15, 0.2) is 6.20 Å². The monoisotopic (exact) mass is 220 g/mol. The summed E-state index contributed by atoms with van der Waals surface area (Å²) in [6.07, 6.45) is 2.01. The predicted octanol–water partition coefficient (Wildman–Crippen LogP) is 4.02. The van der Waals surface area contributed by atoms with Gasteiger partial charge in [0, 0.05) is 12.1 Å². The van der Waals surface area contributed by atoms with Crippen LogP contribution in [0.5, 0.6) is 0 Å². The van der Waals surface area contributed by atoms with Gasteiger partial charge in [0.1, 0.15) is 5.82 Å². The van der Waals surface area contributed by atoms with Crippen molar-refractivity contribution in [2.45, 2.75) is 65.7 Å². The molecule has 2 heteroatoms. The standard InChI is InChI=1S/C14H24N2/c1-9(2)12-11(14(5,6)7)8-15-13(16-12)10(3)4/h8-10H,1-7H3. The molecule has 0 unspecified atom stereocenters. The second kappa shape index (κ2) is 4.52. The summed E-state index contributed by atoms with van der Waals surface area (Å²) in [4.78, 5) is 9.20. The van der Waals surface area contributed by atoms with Crippen molar-refractivity contribution in [3.8, 4) is 0 Å². The van der Waals surface area contributed by atoms with Crippen LogP contribution in [0.3, 0.4) is 0 Å². The van der Waals surface area contributed by atoms with E-state index in [-0.39, 0.29) is 5.41 Å². The Morgan fingerprint density at radius 2 is 1.56 bits per heavy atom. The number of aromatic nitrogens is 2. The first-order valence-electron chi connectivity index (χ1n) is 6.10. The molecule has 0 aliphatic carbocycles. The molecule has 0 spiro atoms. The van der Waals surface area contributed by atoms with Gasteiger partial charge in [0.25, 0.3) is 0 Å². The number of nitrogens with zero attached hydrogens (tertiary/aromatic N) is 2. The average molecular weight is 220 g/mol. The Balaban J connectivity index is 3.31. The lowest BCUT2D eigenvalue weighted by Gasteiger charge is -2.24. The minimum Gasteiger partial charge on any atom is -0.241 e. The van der Waals surface area contributed by atoms with Crippen molar-refractivity contribution in [2.75, 3.05) is 0 Å². The Kier molecular flexibility index (Phi) is 3.72. The Bertz CT molecular complexity index is 359. The van der Waals surface area contributed by atoms with E-state index in [0.717, 1.165) is 5.82 Å². The van der Waals surface area contributed by atoms with Crippen molar-refractivity contribution in [2.24, 2.45) is 0 Å². The molecule has 0 saturated carbocycles. The van der Waals surface area contributed by atoms with Crippen LogP contribution in [0.1, 0.15) is 77.4 Å². The molecule has 1 heterocycles. The maximum atomic E-state index is 4.73. The molecule has 0 fully saturated rings. The van der Waals surface area contributed by atoms with Gasteiger partial charge in [-0.05, 0) is 16.9 Å². The Labute approximate surface area is 99.5 Å². The fourth-order valence-electron chi connectivity index (χ4n) is 1.71. The van der Waals surface area contributed by atoms with Crippen molar-refractivity contribution >= 4 is 0 Å². The fraction of sp³-hybridized carbons (Fsp3) is 0.714. The molecule has 0 saturated heterocycles. The molecule has 1 rings (SSSR count). The van der Waals surface area contributed by atoms with Gasteiger partial charge < -0.3 is 0 Å². The minimum atomic E-state index is 0.120. The third-order valence-electron chi connectivity index (χ3n) is 2.71. The molecule has 2 nitrogen and oxygen atoms in total. The quantitative estimate of drug-likeness (QED) is 0.752. The maximum absolute atomic E-state index is 4.73. The zero-order valence-electron chi connectivity index (χ0n) is 11.6. The molecule has 0 aliphatic heterocycles. The molecule has 1 aromatic heterocycles. The molecular weight excluding hydrogens is 196 g/mol. The van der Waals surface area contributed by atoms with Crippen LogP contribution in [-0.2, 0) is 5.41 Å². The number of hydrogen-bond acceptors (Lipinski definition) is 2. The van der Waals surface area contributed by atoms with Crippen molar-refractivity contribution < 1.29 is 0 Å². The molecule has 0 aliphatic rings. The van der Waals surface area contributed by atoms with Gasteiger partial charge in [0.05, 0.1) is 5.69 Å². The van der Waals surface area contributed by atoms with Crippen molar-refractivity contribution in [3.63, 3.8) is 0 Å².